The van der Waals surface area contributed by atoms with Gasteiger partial charge in [-0.3, -0.25) is 4.79 Å². The zero-order valence-electron chi connectivity index (χ0n) is 11.8. The van der Waals surface area contributed by atoms with Gasteiger partial charge in [-0.25, -0.2) is 4.98 Å². The Balaban J connectivity index is 2.11. The van der Waals surface area contributed by atoms with Crippen molar-refractivity contribution >= 4 is 11.6 Å². The van der Waals surface area contributed by atoms with E-state index in [1.165, 1.54) is 0 Å². The average molecular weight is 272 g/mol. The number of imidazole rings is 1. The molecule has 3 N–H and O–H groups in total. The maximum Gasteiger partial charge on any atom is 0.247 e. The third kappa shape index (κ3) is 3.05. The molecule has 0 spiro atoms. The summed E-state index contributed by atoms with van der Waals surface area (Å²) in [7, 11) is 0. The molecular formula is C15H20N4O. The molecule has 1 heterocycles. The second-order valence-electron chi connectivity index (χ2n) is 4.67. The summed E-state index contributed by atoms with van der Waals surface area (Å²) in [5.74, 6) is 0.843. The number of aromatic nitrogens is 2. The number of carbonyl (C=O) groups excluding carboxylic acids is 1. The highest BCUT2D eigenvalue weighted by Gasteiger charge is 2.17. The summed E-state index contributed by atoms with van der Waals surface area (Å²) >= 11 is 0. The van der Waals surface area contributed by atoms with Gasteiger partial charge in [0.1, 0.15) is 11.9 Å². The Morgan fingerprint density at radius 2 is 2.30 bits per heavy atom. The molecule has 2 rings (SSSR count). The van der Waals surface area contributed by atoms with E-state index < -0.39 is 0 Å². The number of rotatable bonds is 5. The number of nitrogens with one attached hydrogen (secondary N) is 1. The molecule has 0 aliphatic heterocycles. The summed E-state index contributed by atoms with van der Waals surface area (Å²) in [4.78, 5) is 16.5. The van der Waals surface area contributed by atoms with Crippen LogP contribution in [0.5, 0.6) is 0 Å². The Labute approximate surface area is 118 Å². The minimum Gasteiger partial charge on any atom is -0.326 e. The smallest absolute Gasteiger partial charge is 0.247 e. The van der Waals surface area contributed by atoms with Crippen molar-refractivity contribution < 1.29 is 4.79 Å². The van der Waals surface area contributed by atoms with Crippen LogP contribution in [0.1, 0.15) is 31.3 Å². The second kappa shape index (κ2) is 6.34. The SMILES string of the molecule is CCc1nccn1C(C)C(=O)Nc1cccc(CN)c1. The zero-order chi connectivity index (χ0) is 14.5. The summed E-state index contributed by atoms with van der Waals surface area (Å²) < 4.78 is 1.89. The number of hydrogen-bond acceptors (Lipinski definition) is 3. The maximum absolute atomic E-state index is 12.3. The van der Waals surface area contributed by atoms with Crippen molar-refractivity contribution in [3.05, 3.63) is 48.0 Å². The number of nitrogens with zero attached hydrogens (tertiary/aromatic N) is 2. The highest BCUT2D eigenvalue weighted by Crippen LogP contribution is 2.15. The molecule has 1 amide bonds. The number of hydrogen-bond donors (Lipinski definition) is 2. The van der Waals surface area contributed by atoms with Crippen molar-refractivity contribution in [3.8, 4) is 0 Å². The van der Waals surface area contributed by atoms with E-state index >= 15 is 0 Å². The van der Waals surface area contributed by atoms with Crippen molar-refractivity contribution in [2.45, 2.75) is 32.9 Å². The third-order valence-electron chi connectivity index (χ3n) is 3.29. The largest absolute Gasteiger partial charge is 0.326 e. The van der Waals surface area contributed by atoms with Crippen LogP contribution in [0.3, 0.4) is 0 Å². The minimum absolute atomic E-state index is 0.0631. The Kier molecular flexibility index (Phi) is 4.53. The summed E-state index contributed by atoms with van der Waals surface area (Å²) in [5, 5.41) is 2.91. The predicted molar refractivity (Wildman–Crippen MR) is 79.3 cm³/mol. The fourth-order valence-electron chi connectivity index (χ4n) is 2.12. The Morgan fingerprint density at radius 3 is 3.00 bits per heavy atom. The number of benzene rings is 1. The molecule has 0 radical (unpaired) electrons. The van der Waals surface area contributed by atoms with Crippen LogP contribution in [0, 0.1) is 0 Å². The van der Waals surface area contributed by atoms with Gasteiger partial charge in [0.15, 0.2) is 0 Å². The standard InChI is InChI=1S/C15H20N4O/c1-3-14-17-7-8-19(14)11(2)15(20)18-13-6-4-5-12(9-13)10-16/h4-9,11H,3,10,16H2,1-2H3,(H,18,20). The summed E-state index contributed by atoms with van der Waals surface area (Å²) in [6, 6.07) is 7.27. The first-order chi connectivity index (χ1) is 9.65. The fourth-order valence-corrected chi connectivity index (χ4v) is 2.12. The van der Waals surface area contributed by atoms with E-state index in [2.05, 4.69) is 10.3 Å². The lowest BCUT2D eigenvalue weighted by Gasteiger charge is -2.16. The monoisotopic (exact) mass is 272 g/mol. The summed E-state index contributed by atoms with van der Waals surface area (Å²) in [6.45, 7) is 4.35. The molecule has 5 heteroatoms. The molecule has 1 aromatic heterocycles. The van der Waals surface area contributed by atoms with Gasteiger partial charge in [-0.1, -0.05) is 19.1 Å². The molecule has 0 aliphatic carbocycles. The first-order valence-electron chi connectivity index (χ1n) is 6.77. The number of nitrogens with two attached hydrogens (primary N) is 1. The molecule has 0 saturated heterocycles. The van der Waals surface area contributed by atoms with Gasteiger partial charge in [-0.05, 0) is 24.6 Å². The van der Waals surface area contributed by atoms with Crippen molar-refractivity contribution in [2.75, 3.05) is 5.32 Å². The first-order valence-corrected chi connectivity index (χ1v) is 6.77. The van der Waals surface area contributed by atoms with Gasteiger partial charge in [0.25, 0.3) is 0 Å². The fraction of sp³-hybridized carbons (Fsp3) is 0.333. The third-order valence-corrected chi connectivity index (χ3v) is 3.29. The Morgan fingerprint density at radius 1 is 1.50 bits per heavy atom. The van der Waals surface area contributed by atoms with Gasteiger partial charge in [0.05, 0.1) is 0 Å². The molecule has 0 aliphatic rings. The highest BCUT2D eigenvalue weighted by molar-refractivity contribution is 5.93. The molecular weight excluding hydrogens is 252 g/mol. The van der Waals surface area contributed by atoms with Gasteiger partial charge in [0, 0.05) is 31.0 Å². The van der Waals surface area contributed by atoms with Crippen LogP contribution in [0.25, 0.3) is 0 Å². The van der Waals surface area contributed by atoms with E-state index in [1.807, 2.05) is 48.9 Å². The van der Waals surface area contributed by atoms with Crippen LogP contribution < -0.4 is 11.1 Å². The zero-order valence-corrected chi connectivity index (χ0v) is 11.8. The van der Waals surface area contributed by atoms with Gasteiger partial charge >= 0.3 is 0 Å². The minimum atomic E-state index is -0.297. The Bertz CT molecular complexity index is 591. The molecule has 0 saturated carbocycles. The lowest BCUT2D eigenvalue weighted by atomic mass is 10.2. The van der Waals surface area contributed by atoms with Crippen molar-refractivity contribution in [3.63, 3.8) is 0 Å². The van der Waals surface area contributed by atoms with Crippen LogP contribution in [0.15, 0.2) is 36.7 Å². The van der Waals surface area contributed by atoms with Crippen LogP contribution >= 0.6 is 0 Å². The maximum atomic E-state index is 12.3. The normalized spacial score (nSPS) is 12.2. The van der Waals surface area contributed by atoms with Crippen molar-refractivity contribution in [2.24, 2.45) is 5.73 Å². The van der Waals surface area contributed by atoms with E-state index in [4.69, 9.17) is 5.73 Å². The number of anilines is 1. The molecule has 5 nitrogen and oxygen atoms in total. The van der Waals surface area contributed by atoms with E-state index in [0.29, 0.717) is 6.54 Å². The van der Waals surface area contributed by atoms with Crippen LogP contribution in [-0.4, -0.2) is 15.5 Å². The summed E-state index contributed by atoms with van der Waals surface area (Å²) in [5.41, 5.74) is 7.36. The first kappa shape index (κ1) is 14.3. The summed E-state index contributed by atoms with van der Waals surface area (Å²) in [6.07, 6.45) is 4.35. The van der Waals surface area contributed by atoms with Gasteiger partial charge in [0.2, 0.25) is 5.91 Å². The van der Waals surface area contributed by atoms with E-state index in [0.717, 1.165) is 23.5 Å². The predicted octanol–water partition coefficient (Wildman–Crippen LogP) is 2.10. The lowest BCUT2D eigenvalue weighted by Crippen LogP contribution is -2.24. The van der Waals surface area contributed by atoms with E-state index in [9.17, 15) is 4.79 Å². The quantitative estimate of drug-likeness (QED) is 0.875. The molecule has 1 unspecified atom stereocenters. The average Bonchev–Trinajstić information content (AvgIpc) is 2.95. The van der Waals surface area contributed by atoms with Crippen LogP contribution in [0.2, 0.25) is 0 Å². The molecule has 106 valence electrons. The molecule has 20 heavy (non-hydrogen) atoms. The Hall–Kier alpha value is -2.14. The number of amides is 1. The van der Waals surface area contributed by atoms with Gasteiger partial charge in [-0.15, -0.1) is 0 Å². The van der Waals surface area contributed by atoms with Crippen molar-refractivity contribution in [1.29, 1.82) is 0 Å². The molecule has 1 atom stereocenters. The topological polar surface area (TPSA) is 72.9 Å². The van der Waals surface area contributed by atoms with E-state index in [-0.39, 0.29) is 11.9 Å². The van der Waals surface area contributed by atoms with Crippen LogP contribution in [-0.2, 0) is 17.8 Å². The lowest BCUT2D eigenvalue weighted by molar-refractivity contribution is -0.118. The second-order valence-corrected chi connectivity index (χ2v) is 4.67. The molecule has 2 aromatic rings. The van der Waals surface area contributed by atoms with Gasteiger partial charge < -0.3 is 15.6 Å². The van der Waals surface area contributed by atoms with Crippen molar-refractivity contribution in [1.82, 2.24) is 9.55 Å². The van der Waals surface area contributed by atoms with Crippen LogP contribution in [0.4, 0.5) is 5.69 Å². The number of carbonyl (C=O) groups is 1. The molecule has 0 bridgehead atoms. The van der Waals surface area contributed by atoms with Gasteiger partial charge in [-0.2, -0.15) is 0 Å². The molecule has 0 fully saturated rings. The highest BCUT2D eigenvalue weighted by atomic mass is 16.2. The molecule has 1 aromatic carbocycles. The number of aryl methyl sites for hydroxylation is 1. The van der Waals surface area contributed by atoms with E-state index in [1.54, 1.807) is 6.20 Å².